The molecule has 0 unspecified atom stereocenters. The van der Waals surface area contributed by atoms with Crippen LogP contribution in [-0.4, -0.2) is 38.2 Å². The van der Waals surface area contributed by atoms with Crippen LogP contribution < -0.4 is 10.1 Å². The Morgan fingerprint density at radius 3 is 3.00 bits per heavy atom. The molecule has 1 N–H and O–H groups in total. The maximum Gasteiger partial charge on any atom is 0.142 e. The largest absolute Gasteiger partial charge is 0.485 e. The van der Waals surface area contributed by atoms with Gasteiger partial charge in [-0.15, -0.1) is 0 Å². The quantitative estimate of drug-likeness (QED) is 0.767. The van der Waals surface area contributed by atoms with Gasteiger partial charge >= 0.3 is 0 Å². The summed E-state index contributed by atoms with van der Waals surface area (Å²) >= 11 is 0. The zero-order chi connectivity index (χ0) is 9.97. The monoisotopic (exact) mass is 192 g/mol. The zero-order valence-electron chi connectivity index (χ0n) is 8.66. The number of hydrogen-bond donors (Lipinski definition) is 1. The summed E-state index contributed by atoms with van der Waals surface area (Å²) in [6.07, 6.45) is 0.250. The van der Waals surface area contributed by atoms with E-state index in [0.29, 0.717) is 0 Å². The molecular weight excluding hydrogens is 176 g/mol. The van der Waals surface area contributed by atoms with Gasteiger partial charge in [0.25, 0.3) is 0 Å². The normalized spacial score (nSPS) is 19.8. The number of ether oxygens (including phenoxy) is 1. The van der Waals surface area contributed by atoms with Gasteiger partial charge in [0.15, 0.2) is 0 Å². The van der Waals surface area contributed by atoms with E-state index in [1.54, 1.807) is 0 Å². The lowest BCUT2D eigenvalue weighted by Crippen LogP contribution is -2.38. The molecule has 1 aliphatic heterocycles. The number of anilines is 1. The third-order valence-corrected chi connectivity index (χ3v) is 2.27. The molecule has 3 nitrogen and oxygen atoms in total. The predicted molar refractivity (Wildman–Crippen MR) is 57.9 cm³/mol. The van der Waals surface area contributed by atoms with Crippen molar-refractivity contribution >= 4 is 5.69 Å². The molecule has 0 saturated heterocycles. The second kappa shape index (κ2) is 3.88. The van der Waals surface area contributed by atoms with Crippen molar-refractivity contribution < 1.29 is 4.74 Å². The minimum absolute atomic E-state index is 0.250. The summed E-state index contributed by atoms with van der Waals surface area (Å²) < 4.78 is 5.84. The maximum atomic E-state index is 5.84. The number of nitrogens with zero attached hydrogens (tertiary/aromatic N) is 1. The van der Waals surface area contributed by atoms with Crippen molar-refractivity contribution in [2.75, 3.05) is 32.5 Å². The standard InChI is InChI=1S/C11H16N2O/c1-13(2)8-9-7-12-10-5-3-4-6-11(10)14-9/h3-6,9,12H,7-8H2,1-2H3/t9-/m0/s1. The van der Waals surface area contributed by atoms with E-state index in [4.69, 9.17) is 4.74 Å². The highest BCUT2D eigenvalue weighted by Crippen LogP contribution is 2.28. The van der Waals surface area contributed by atoms with Crippen molar-refractivity contribution in [3.63, 3.8) is 0 Å². The molecule has 0 fully saturated rings. The van der Waals surface area contributed by atoms with Crippen molar-refractivity contribution in [3.8, 4) is 5.75 Å². The Kier molecular flexibility index (Phi) is 2.59. The van der Waals surface area contributed by atoms with E-state index in [-0.39, 0.29) is 6.10 Å². The highest BCUT2D eigenvalue weighted by molar-refractivity contribution is 5.57. The smallest absolute Gasteiger partial charge is 0.142 e. The first-order chi connectivity index (χ1) is 6.75. The van der Waals surface area contributed by atoms with Gasteiger partial charge < -0.3 is 15.0 Å². The Bertz CT molecular complexity index is 312. The molecule has 3 heteroatoms. The zero-order valence-corrected chi connectivity index (χ0v) is 8.66. The highest BCUT2D eigenvalue weighted by atomic mass is 16.5. The highest BCUT2D eigenvalue weighted by Gasteiger charge is 2.18. The van der Waals surface area contributed by atoms with Gasteiger partial charge in [-0.05, 0) is 26.2 Å². The topological polar surface area (TPSA) is 24.5 Å². The molecule has 1 aromatic carbocycles. The first-order valence-electron chi connectivity index (χ1n) is 4.90. The van der Waals surface area contributed by atoms with Crippen LogP contribution in [0.3, 0.4) is 0 Å². The van der Waals surface area contributed by atoms with Crippen LogP contribution in [0.1, 0.15) is 0 Å². The molecule has 1 heterocycles. The molecule has 76 valence electrons. The molecule has 0 radical (unpaired) electrons. The fourth-order valence-corrected chi connectivity index (χ4v) is 1.67. The van der Waals surface area contributed by atoms with E-state index in [2.05, 4.69) is 24.3 Å². The summed E-state index contributed by atoms with van der Waals surface area (Å²) in [5.74, 6) is 0.964. The molecular formula is C11H16N2O. The number of hydrogen-bond acceptors (Lipinski definition) is 3. The van der Waals surface area contributed by atoms with Gasteiger partial charge in [-0.1, -0.05) is 12.1 Å². The number of nitrogens with one attached hydrogen (secondary N) is 1. The number of likely N-dealkylation sites (N-methyl/N-ethyl adjacent to an activating group) is 1. The second-order valence-corrected chi connectivity index (χ2v) is 3.88. The molecule has 0 aliphatic carbocycles. The summed E-state index contributed by atoms with van der Waals surface area (Å²) in [6, 6.07) is 8.06. The predicted octanol–water partition coefficient (Wildman–Crippen LogP) is 1.42. The lowest BCUT2D eigenvalue weighted by molar-refractivity contribution is 0.164. The Balaban J connectivity index is 2.06. The number of rotatable bonds is 2. The molecule has 0 saturated carbocycles. The average molecular weight is 192 g/mol. The van der Waals surface area contributed by atoms with Crippen molar-refractivity contribution in [2.45, 2.75) is 6.10 Å². The molecule has 1 atom stereocenters. The van der Waals surface area contributed by atoms with Gasteiger partial charge in [0.2, 0.25) is 0 Å². The average Bonchev–Trinajstić information content (AvgIpc) is 2.17. The van der Waals surface area contributed by atoms with Gasteiger partial charge in [0, 0.05) is 6.54 Å². The van der Waals surface area contributed by atoms with Crippen molar-refractivity contribution in [3.05, 3.63) is 24.3 Å². The van der Waals surface area contributed by atoms with Gasteiger partial charge in [-0.25, -0.2) is 0 Å². The number of para-hydroxylation sites is 2. The minimum atomic E-state index is 0.250. The van der Waals surface area contributed by atoms with Gasteiger partial charge in [-0.2, -0.15) is 0 Å². The van der Waals surface area contributed by atoms with E-state index in [1.165, 1.54) is 0 Å². The van der Waals surface area contributed by atoms with Crippen LogP contribution in [0.5, 0.6) is 5.75 Å². The summed E-state index contributed by atoms with van der Waals surface area (Å²) in [5.41, 5.74) is 1.10. The fraction of sp³-hybridized carbons (Fsp3) is 0.455. The van der Waals surface area contributed by atoms with Crippen molar-refractivity contribution in [1.29, 1.82) is 0 Å². The second-order valence-electron chi connectivity index (χ2n) is 3.88. The minimum Gasteiger partial charge on any atom is -0.485 e. The summed E-state index contributed by atoms with van der Waals surface area (Å²) in [4.78, 5) is 2.14. The Morgan fingerprint density at radius 1 is 1.43 bits per heavy atom. The SMILES string of the molecule is CN(C)C[C@@H]1CNc2ccccc2O1. The van der Waals surface area contributed by atoms with Crippen LogP contribution in [0.15, 0.2) is 24.3 Å². The van der Waals surface area contributed by atoms with Crippen LogP contribution in [-0.2, 0) is 0 Å². The number of fused-ring (bicyclic) bond motifs is 1. The first-order valence-corrected chi connectivity index (χ1v) is 4.90. The molecule has 2 rings (SSSR count). The van der Waals surface area contributed by atoms with Crippen LogP contribution in [0.4, 0.5) is 5.69 Å². The van der Waals surface area contributed by atoms with Crippen molar-refractivity contribution in [1.82, 2.24) is 4.90 Å². The molecule has 14 heavy (non-hydrogen) atoms. The van der Waals surface area contributed by atoms with E-state index >= 15 is 0 Å². The summed E-state index contributed by atoms with van der Waals surface area (Å²) in [5, 5.41) is 3.37. The molecule has 1 aromatic rings. The van der Waals surface area contributed by atoms with Crippen LogP contribution in [0, 0.1) is 0 Å². The van der Waals surface area contributed by atoms with Gasteiger partial charge in [-0.3, -0.25) is 0 Å². The van der Waals surface area contributed by atoms with Crippen LogP contribution in [0.25, 0.3) is 0 Å². The third-order valence-electron chi connectivity index (χ3n) is 2.27. The van der Waals surface area contributed by atoms with Gasteiger partial charge in [0.1, 0.15) is 11.9 Å². The van der Waals surface area contributed by atoms with E-state index in [1.807, 2.05) is 24.3 Å². The Hall–Kier alpha value is -1.22. The number of benzene rings is 1. The summed E-state index contributed by atoms with van der Waals surface area (Å²) in [6.45, 7) is 1.83. The third kappa shape index (κ3) is 1.99. The van der Waals surface area contributed by atoms with Gasteiger partial charge in [0.05, 0.1) is 12.2 Å². The fourth-order valence-electron chi connectivity index (χ4n) is 1.67. The van der Waals surface area contributed by atoms with Crippen molar-refractivity contribution in [2.24, 2.45) is 0 Å². The Morgan fingerprint density at radius 2 is 2.21 bits per heavy atom. The molecule has 0 bridgehead atoms. The van der Waals surface area contributed by atoms with E-state index < -0.39 is 0 Å². The molecule has 0 spiro atoms. The van der Waals surface area contributed by atoms with E-state index in [9.17, 15) is 0 Å². The van der Waals surface area contributed by atoms with E-state index in [0.717, 1.165) is 24.5 Å². The molecule has 1 aliphatic rings. The van der Waals surface area contributed by atoms with Crippen LogP contribution >= 0.6 is 0 Å². The lowest BCUT2D eigenvalue weighted by Gasteiger charge is -2.29. The van der Waals surface area contributed by atoms with Crippen LogP contribution in [0.2, 0.25) is 0 Å². The molecule has 0 aromatic heterocycles. The summed E-state index contributed by atoms with van der Waals surface area (Å²) in [7, 11) is 4.12. The first kappa shape index (κ1) is 9.34. The molecule has 0 amide bonds. The lowest BCUT2D eigenvalue weighted by atomic mass is 10.2. The Labute approximate surface area is 84.7 Å². The maximum absolute atomic E-state index is 5.84.